The van der Waals surface area contributed by atoms with Crippen molar-refractivity contribution in [1.82, 2.24) is 5.32 Å². The molecule has 1 aromatic rings. The Hall–Kier alpha value is -0.820. The summed E-state index contributed by atoms with van der Waals surface area (Å²) in [5.41, 5.74) is 3.61. The predicted molar refractivity (Wildman–Crippen MR) is 81.6 cm³/mol. The Kier molecular flexibility index (Phi) is 3.93. The summed E-state index contributed by atoms with van der Waals surface area (Å²) in [5, 5.41) is 3.91. The average molecular weight is 257 g/mol. The number of nitrogens with one attached hydrogen (secondary N) is 1. The summed E-state index contributed by atoms with van der Waals surface area (Å²) in [7, 11) is 0. The normalized spacial score (nSPS) is 25.8. The monoisotopic (exact) mass is 257 g/mol. The van der Waals surface area contributed by atoms with Crippen LogP contribution in [0.15, 0.2) is 24.3 Å². The van der Waals surface area contributed by atoms with Crippen LogP contribution in [-0.4, -0.2) is 12.1 Å². The molecule has 1 unspecified atom stereocenters. The highest BCUT2D eigenvalue weighted by Gasteiger charge is 2.28. The van der Waals surface area contributed by atoms with E-state index in [9.17, 15) is 0 Å². The second-order valence-electron chi connectivity index (χ2n) is 6.79. The molecule has 0 aromatic heterocycles. The Bertz CT molecular complexity index is 417. The van der Waals surface area contributed by atoms with Crippen LogP contribution in [0.5, 0.6) is 0 Å². The predicted octanol–water partition coefficient (Wildman–Crippen LogP) is 4.42. The summed E-state index contributed by atoms with van der Waals surface area (Å²) in [6.45, 7) is 3.61. The zero-order chi connectivity index (χ0) is 13.1. The maximum Gasteiger partial charge on any atom is 0.0153 e. The van der Waals surface area contributed by atoms with Crippen molar-refractivity contribution in [2.24, 2.45) is 0 Å². The molecule has 1 nitrogen and oxygen atoms in total. The standard InChI is InChI=1S/C18H27N/c1-18(12-5-2-6-13-18)19-14-16-10-7-9-15-8-3-4-11-17(15)16/h3-4,8,11,16,19H,2,5-7,9-10,12-14H2,1H3. The summed E-state index contributed by atoms with van der Waals surface area (Å²) < 4.78 is 0. The summed E-state index contributed by atoms with van der Waals surface area (Å²) in [4.78, 5) is 0. The Morgan fingerprint density at radius 2 is 1.89 bits per heavy atom. The first-order chi connectivity index (χ1) is 9.27. The third-order valence-electron chi connectivity index (χ3n) is 5.23. The molecule has 1 heteroatoms. The van der Waals surface area contributed by atoms with E-state index >= 15 is 0 Å². The van der Waals surface area contributed by atoms with Crippen molar-refractivity contribution in [1.29, 1.82) is 0 Å². The Labute approximate surface area is 117 Å². The fraction of sp³-hybridized carbons (Fsp3) is 0.667. The molecular formula is C18H27N. The van der Waals surface area contributed by atoms with Crippen LogP contribution in [0.25, 0.3) is 0 Å². The molecule has 0 heterocycles. The fourth-order valence-corrected chi connectivity index (χ4v) is 3.95. The maximum absolute atomic E-state index is 3.91. The first-order valence-electron chi connectivity index (χ1n) is 8.10. The first-order valence-corrected chi connectivity index (χ1v) is 8.10. The van der Waals surface area contributed by atoms with Crippen molar-refractivity contribution in [3.05, 3.63) is 35.4 Å². The molecule has 3 rings (SSSR count). The maximum atomic E-state index is 3.91. The number of hydrogen-bond acceptors (Lipinski definition) is 1. The smallest absolute Gasteiger partial charge is 0.0153 e. The summed E-state index contributed by atoms with van der Waals surface area (Å²) in [6.07, 6.45) is 11.0. The molecule has 0 aliphatic heterocycles. The number of hydrogen-bond donors (Lipinski definition) is 1. The second kappa shape index (κ2) is 5.66. The van der Waals surface area contributed by atoms with Crippen LogP contribution < -0.4 is 5.32 Å². The van der Waals surface area contributed by atoms with E-state index in [0.717, 1.165) is 5.92 Å². The van der Waals surface area contributed by atoms with E-state index in [1.165, 1.54) is 57.9 Å². The van der Waals surface area contributed by atoms with Gasteiger partial charge in [0, 0.05) is 12.1 Å². The molecule has 2 aliphatic rings. The Morgan fingerprint density at radius 3 is 2.74 bits per heavy atom. The van der Waals surface area contributed by atoms with Gasteiger partial charge in [-0.15, -0.1) is 0 Å². The molecule has 1 aromatic carbocycles. The SMILES string of the molecule is CC1(NCC2CCCc3ccccc32)CCCCC1. The van der Waals surface area contributed by atoms with Crippen LogP contribution >= 0.6 is 0 Å². The molecule has 104 valence electrons. The molecule has 0 bridgehead atoms. The van der Waals surface area contributed by atoms with E-state index in [2.05, 4.69) is 36.5 Å². The van der Waals surface area contributed by atoms with Crippen molar-refractivity contribution in [2.75, 3.05) is 6.54 Å². The highest BCUT2D eigenvalue weighted by atomic mass is 15.0. The topological polar surface area (TPSA) is 12.0 Å². The molecule has 1 atom stereocenters. The zero-order valence-electron chi connectivity index (χ0n) is 12.3. The molecule has 19 heavy (non-hydrogen) atoms. The molecule has 0 spiro atoms. The third-order valence-corrected chi connectivity index (χ3v) is 5.23. The minimum atomic E-state index is 0.407. The van der Waals surface area contributed by atoms with Crippen molar-refractivity contribution in [3.63, 3.8) is 0 Å². The largest absolute Gasteiger partial charge is 0.311 e. The van der Waals surface area contributed by atoms with Gasteiger partial charge in [0.2, 0.25) is 0 Å². The van der Waals surface area contributed by atoms with Crippen LogP contribution in [-0.2, 0) is 6.42 Å². The fourth-order valence-electron chi connectivity index (χ4n) is 3.95. The van der Waals surface area contributed by atoms with Gasteiger partial charge in [0.1, 0.15) is 0 Å². The van der Waals surface area contributed by atoms with Gasteiger partial charge >= 0.3 is 0 Å². The van der Waals surface area contributed by atoms with Gasteiger partial charge < -0.3 is 5.32 Å². The number of benzene rings is 1. The Balaban J connectivity index is 1.64. The summed E-state index contributed by atoms with van der Waals surface area (Å²) in [5.74, 6) is 0.740. The molecule has 0 radical (unpaired) electrons. The molecule has 1 fully saturated rings. The average Bonchev–Trinajstić information content (AvgIpc) is 2.46. The van der Waals surface area contributed by atoms with E-state index in [1.807, 2.05) is 0 Å². The quantitative estimate of drug-likeness (QED) is 0.845. The van der Waals surface area contributed by atoms with Gasteiger partial charge in [0.05, 0.1) is 0 Å². The van der Waals surface area contributed by atoms with Crippen molar-refractivity contribution >= 4 is 0 Å². The summed E-state index contributed by atoms with van der Waals surface area (Å²) >= 11 is 0. The van der Waals surface area contributed by atoms with Crippen molar-refractivity contribution < 1.29 is 0 Å². The van der Waals surface area contributed by atoms with Gasteiger partial charge in [-0.05, 0) is 56.1 Å². The lowest BCUT2D eigenvalue weighted by Gasteiger charge is -2.37. The van der Waals surface area contributed by atoms with E-state index in [4.69, 9.17) is 0 Å². The highest BCUT2D eigenvalue weighted by molar-refractivity contribution is 5.32. The highest BCUT2D eigenvalue weighted by Crippen LogP contribution is 2.33. The lowest BCUT2D eigenvalue weighted by molar-refractivity contribution is 0.247. The van der Waals surface area contributed by atoms with Crippen molar-refractivity contribution in [3.8, 4) is 0 Å². The van der Waals surface area contributed by atoms with E-state index in [-0.39, 0.29) is 0 Å². The van der Waals surface area contributed by atoms with Crippen LogP contribution in [0.2, 0.25) is 0 Å². The number of fused-ring (bicyclic) bond motifs is 1. The second-order valence-corrected chi connectivity index (χ2v) is 6.79. The lowest BCUT2D eigenvalue weighted by Crippen LogP contribution is -2.45. The number of aryl methyl sites for hydroxylation is 1. The molecule has 1 N–H and O–H groups in total. The summed E-state index contributed by atoms with van der Waals surface area (Å²) in [6, 6.07) is 9.07. The van der Waals surface area contributed by atoms with Crippen molar-refractivity contribution in [2.45, 2.75) is 69.7 Å². The lowest BCUT2D eigenvalue weighted by atomic mass is 9.80. The van der Waals surface area contributed by atoms with Gasteiger partial charge in [-0.1, -0.05) is 43.5 Å². The minimum Gasteiger partial charge on any atom is -0.311 e. The number of rotatable bonds is 3. The van der Waals surface area contributed by atoms with Crippen LogP contribution in [0.3, 0.4) is 0 Å². The zero-order valence-corrected chi connectivity index (χ0v) is 12.3. The first kappa shape index (κ1) is 13.2. The van der Waals surface area contributed by atoms with Crippen LogP contribution in [0.1, 0.15) is 68.9 Å². The van der Waals surface area contributed by atoms with Crippen LogP contribution in [0.4, 0.5) is 0 Å². The van der Waals surface area contributed by atoms with Gasteiger partial charge in [-0.2, -0.15) is 0 Å². The van der Waals surface area contributed by atoms with E-state index < -0.39 is 0 Å². The molecule has 1 saturated carbocycles. The third kappa shape index (κ3) is 3.02. The molecular weight excluding hydrogens is 230 g/mol. The van der Waals surface area contributed by atoms with Gasteiger partial charge in [-0.3, -0.25) is 0 Å². The van der Waals surface area contributed by atoms with Gasteiger partial charge in [0.25, 0.3) is 0 Å². The van der Waals surface area contributed by atoms with Gasteiger partial charge in [-0.25, -0.2) is 0 Å². The molecule has 0 amide bonds. The van der Waals surface area contributed by atoms with Crippen LogP contribution in [0, 0.1) is 0 Å². The Morgan fingerprint density at radius 1 is 1.11 bits per heavy atom. The molecule has 0 saturated heterocycles. The van der Waals surface area contributed by atoms with E-state index in [1.54, 1.807) is 11.1 Å². The molecule has 2 aliphatic carbocycles. The van der Waals surface area contributed by atoms with E-state index in [0.29, 0.717) is 5.54 Å². The minimum absolute atomic E-state index is 0.407. The van der Waals surface area contributed by atoms with Gasteiger partial charge in [0.15, 0.2) is 0 Å².